The molecule has 0 aromatic heterocycles. The molecule has 0 spiro atoms. The Hall–Kier alpha value is -0.860. The van der Waals surface area contributed by atoms with E-state index in [-0.39, 0.29) is 0 Å². The van der Waals surface area contributed by atoms with Gasteiger partial charge in [-0.25, -0.2) is 0 Å². The molecule has 2 heteroatoms. The van der Waals surface area contributed by atoms with E-state index in [0.717, 1.165) is 19.1 Å². The number of hydrogen-bond donors (Lipinski definition) is 1. The molecular weight excluding hydrogens is 256 g/mol. The van der Waals surface area contributed by atoms with Gasteiger partial charge in [0.15, 0.2) is 0 Å². The molecule has 1 fully saturated rings. The summed E-state index contributed by atoms with van der Waals surface area (Å²) in [4.78, 5) is 2.65. The lowest BCUT2D eigenvalue weighted by molar-refractivity contribution is 0.244. The molecule has 1 aromatic carbocycles. The zero-order chi connectivity index (χ0) is 15.1. The Morgan fingerprint density at radius 3 is 2.33 bits per heavy atom. The fraction of sp³-hybridized carbons (Fsp3) is 0.684. The van der Waals surface area contributed by atoms with Gasteiger partial charge >= 0.3 is 0 Å². The summed E-state index contributed by atoms with van der Waals surface area (Å²) in [5, 5.41) is 3.74. The predicted octanol–water partition coefficient (Wildman–Crippen LogP) is 4.16. The van der Waals surface area contributed by atoms with Crippen molar-refractivity contribution in [1.29, 1.82) is 0 Å². The molecule has 0 radical (unpaired) electrons. The van der Waals surface area contributed by atoms with Crippen LogP contribution in [-0.2, 0) is 6.42 Å². The maximum absolute atomic E-state index is 3.74. The Balaban J connectivity index is 2.02. The Bertz CT molecular complexity index is 395. The van der Waals surface area contributed by atoms with Crippen LogP contribution in [0.4, 0.5) is 0 Å². The van der Waals surface area contributed by atoms with Crippen molar-refractivity contribution in [1.82, 2.24) is 10.2 Å². The van der Waals surface area contributed by atoms with Crippen molar-refractivity contribution < 1.29 is 0 Å². The number of likely N-dealkylation sites (N-methyl/N-ethyl adjacent to an activating group) is 1. The van der Waals surface area contributed by atoms with E-state index in [9.17, 15) is 0 Å². The third kappa shape index (κ3) is 5.12. The van der Waals surface area contributed by atoms with Crippen molar-refractivity contribution in [2.75, 3.05) is 19.6 Å². The monoisotopic (exact) mass is 288 g/mol. The molecule has 1 atom stereocenters. The second-order valence-electron chi connectivity index (χ2n) is 6.32. The van der Waals surface area contributed by atoms with Crippen molar-refractivity contribution >= 4 is 0 Å². The third-order valence-corrected chi connectivity index (χ3v) is 4.45. The number of nitrogens with zero attached hydrogens (tertiary/aromatic N) is 1. The zero-order valence-electron chi connectivity index (χ0n) is 14.1. The largest absolute Gasteiger partial charge is 0.309 e. The molecule has 1 N–H and O–H groups in total. The molecule has 0 amide bonds. The Kier molecular flexibility index (Phi) is 6.72. The minimum Gasteiger partial charge on any atom is -0.309 e. The topological polar surface area (TPSA) is 15.3 Å². The van der Waals surface area contributed by atoms with E-state index in [1.54, 1.807) is 0 Å². The van der Waals surface area contributed by atoms with Gasteiger partial charge in [-0.05, 0) is 49.9 Å². The molecule has 1 saturated carbocycles. The van der Waals surface area contributed by atoms with Gasteiger partial charge in [-0.2, -0.15) is 0 Å². The highest BCUT2D eigenvalue weighted by Crippen LogP contribution is 2.28. The van der Waals surface area contributed by atoms with E-state index in [1.807, 2.05) is 0 Å². The van der Waals surface area contributed by atoms with Crippen LogP contribution in [0.25, 0.3) is 0 Å². The summed E-state index contributed by atoms with van der Waals surface area (Å²) in [6.45, 7) is 10.2. The van der Waals surface area contributed by atoms with E-state index < -0.39 is 0 Å². The molecule has 0 aliphatic heterocycles. The number of aryl methyl sites for hydroxylation is 1. The molecule has 21 heavy (non-hydrogen) atoms. The lowest BCUT2D eigenvalue weighted by Crippen LogP contribution is -2.36. The first-order chi connectivity index (χ1) is 10.3. The van der Waals surface area contributed by atoms with E-state index in [4.69, 9.17) is 0 Å². The number of nitrogens with one attached hydrogen (secondary N) is 1. The molecule has 2 rings (SSSR count). The van der Waals surface area contributed by atoms with Crippen LogP contribution in [0.2, 0.25) is 0 Å². The van der Waals surface area contributed by atoms with Crippen LogP contribution in [0.5, 0.6) is 0 Å². The van der Waals surface area contributed by atoms with Crippen molar-refractivity contribution in [2.45, 2.75) is 65.0 Å². The van der Waals surface area contributed by atoms with Gasteiger partial charge in [0, 0.05) is 18.6 Å². The third-order valence-electron chi connectivity index (χ3n) is 4.45. The van der Waals surface area contributed by atoms with Crippen LogP contribution in [0.3, 0.4) is 0 Å². The molecule has 0 heterocycles. The molecule has 0 bridgehead atoms. The number of rotatable bonds is 10. The van der Waals surface area contributed by atoms with Gasteiger partial charge in [-0.3, -0.25) is 4.90 Å². The zero-order valence-corrected chi connectivity index (χ0v) is 14.1. The van der Waals surface area contributed by atoms with E-state index >= 15 is 0 Å². The van der Waals surface area contributed by atoms with Gasteiger partial charge in [-0.1, -0.05) is 51.5 Å². The first kappa shape index (κ1) is 16.5. The maximum atomic E-state index is 3.74. The van der Waals surface area contributed by atoms with Crippen LogP contribution < -0.4 is 5.32 Å². The minimum atomic E-state index is 0.473. The molecule has 1 aliphatic rings. The predicted molar refractivity (Wildman–Crippen MR) is 91.7 cm³/mol. The van der Waals surface area contributed by atoms with Gasteiger partial charge in [-0.15, -0.1) is 0 Å². The van der Waals surface area contributed by atoms with E-state index in [2.05, 4.69) is 55.3 Å². The van der Waals surface area contributed by atoms with Gasteiger partial charge in [0.2, 0.25) is 0 Å². The Morgan fingerprint density at radius 2 is 1.81 bits per heavy atom. The highest BCUT2D eigenvalue weighted by Gasteiger charge is 2.29. The normalized spacial score (nSPS) is 16.4. The Morgan fingerprint density at radius 1 is 1.10 bits per heavy atom. The standard InChI is InChI=1S/C19H32N2/c1-4-7-16-8-10-17(11-9-16)19(20-14-5-2)15-21(6-3)18-12-13-18/h8-11,18-20H,4-7,12-15H2,1-3H3. The van der Waals surface area contributed by atoms with Crippen LogP contribution in [0, 0.1) is 0 Å². The summed E-state index contributed by atoms with van der Waals surface area (Å²) in [6, 6.07) is 10.6. The molecule has 1 aliphatic carbocycles. The summed E-state index contributed by atoms with van der Waals surface area (Å²) >= 11 is 0. The first-order valence-electron chi connectivity index (χ1n) is 8.84. The second-order valence-corrected chi connectivity index (χ2v) is 6.32. The van der Waals surface area contributed by atoms with Crippen LogP contribution in [-0.4, -0.2) is 30.6 Å². The molecule has 1 unspecified atom stereocenters. The van der Waals surface area contributed by atoms with E-state index in [1.165, 1.54) is 49.8 Å². The van der Waals surface area contributed by atoms with E-state index in [0.29, 0.717) is 6.04 Å². The summed E-state index contributed by atoms with van der Waals surface area (Å²) in [5.74, 6) is 0. The lowest BCUT2D eigenvalue weighted by atomic mass is 10.0. The van der Waals surface area contributed by atoms with Crippen molar-refractivity contribution in [2.24, 2.45) is 0 Å². The Labute approximate surface area is 130 Å². The molecule has 2 nitrogen and oxygen atoms in total. The van der Waals surface area contributed by atoms with Crippen molar-refractivity contribution in [3.8, 4) is 0 Å². The van der Waals surface area contributed by atoms with Crippen LogP contribution >= 0.6 is 0 Å². The average Bonchev–Trinajstić information content (AvgIpc) is 3.34. The maximum Gasteiger partial charge on any atom is 0.0449 e. The first-order valence-corrected chi connectivity index (χ1v) is 8.84. The molecule has 0 saturated heterocycles. The summed E-state index contributed by atoms with van der Waals surface area (Å²) < 4.78 is 0. The van der Waals surface area contributed by atoms with Crippen LogP contribution in [0.1, 0.15) is 63.6 Å². The summed E-state index contributed by atoms with van der Waals surface area (Å²) in [5.41, 5.74) is 2.91. The quantitative estimate of drug-likeness (QED) is 0.695. The van der Waals surface area contributed by atoms with Gasteiger partial charge in [0.1, 0.15) is 0 Å². The molecular formula is C19H32N2. The second kappa shape index (κ2) is 8.55. The van der Waals surface area contributed by atoms with Crippen LogP contribution in [0.15, 0.2) is 24.3 Å². The highest BCUT2D eigenvalue weighted by molar-refractivity contribution is 5.25. The lowest BCUT2D eigenvalue weighted by Gasteiger charge is -2.27. The fourth-order valence-electron chi connectivity index (χ4n) is 3.02. The summed E-state index contributed by atoms with van der Waals surface area (Å²) in [6.07, 6.45) is 6.40. The van der Waals surface area contributed by atoms with Gasteiger partial charge < -0.3 is 5.32 Å². The molecule has 118 valence electrons. The van der Waals surface area contributed by atoms with Crippen molar-refractivity contribution in [3.63, 3.8) is 0 Å². The fourth-order valence-corrected chi connectivity index (χ4v) is 3.02. The van der Waals surface area contributed by atoms with Gasteiger partial charge in [0.25, 0.3) is 0 Å². The number of benzene rings is 1. The van der Waals surface area contributed by atoms with Crippen molar-refractivity contribution in [3.05, 3.63) is 35.4 Å². The minimum absolute atomic E-state index is 0.473. The van der Waals surface area contributed by atoms with Gasteiger partial charge in [0.05, 0.1) is 0 Å². The number of hydrogen-bond acceptors (Lipinski definition) is 2. The summed E-state index contributed by atoms with van der Waals surface area (Å²) in [7, 11) is 0. The smallest absolute Gasteiger partial charge is 0.0449 e. The SMILES string of the molecule is CCCNC(CN(CC)C1CC1)c1ccc(CCC)cc1. The average molecular weight is 288 g/mol. The molecule has 1 aromatic rings. The highest BCUT2D eigenvalue weighted by atomic mass is 15.2.